The van der Waals surface area contributed by atoms with Crippen LogP contribution in [-0.4, -0.2) is 47.3 Å². The van der Waals surface area contributed by atoms with Gasteiger partial charge < -0.3 is 15.4 Å². The van der Waals surface area contributed by atoms with Crippen molar-refractivity contribution >= 4 is 34.4 Å². The average molecular weight is 420 g/mol. The molecule has 0 aliphatic carbocycles. The number of urea groups is 1. The zero-order valence-corrected chi connectivity index (χ0v) is 17.6. The minimum absolute atomic E-state index is 0.187. The summed E-state index contributed by atoms with van der Waals surface area (Å²) >= 11 is 1.25. The number of nitrogens with zero attached hydrogens (tertiary/aromatic N) is 2. The lowest BCUT2D eigenvalue weighted by Crippen LogP contribution is -2.51. The molecular weight excluding hydrogens is 394 g/mol. The molecule has 2 rings (SSSR count). The van der Waals surface area contributed by atoms with E-state index >= 15 is 0 Å². The van der Waals surface area contributed by atoms with Crippen LogP contribution in [0.4, 0.5) is 9.93 Å². The summed E-state index contributed by atoms with van der Waals surface area (Å²) < 4.78 is 4.74. The summed E-state index contributed by atoms with van der Waals surface area (Å²) in [5.74, 6) is -1.16. The molecule has 3 N–H and O–H groups in total. The maximum Gasteiger partial charge on any atom is 0.325 e. The number of aryl methyl sites for hydroxylation is 1. The van der Waals surface area contributed by atoms with E-state index in [-0.39, 0.29) is 19.1 Å². The maximum atomic E-state index is 12.6. The van der Waals surface area contributed by atoms with Crippen molar-refractivity contribution in [2.24, 2.45) is 5.92 Å². The Kier molecular flexibility index (Phi) is 8.08. The highest BCUT2D eigenvalue weighted by molar-refractivity contribution is 7.18. The van der Waals surface area contributed by atoms with E-state index in [4.69, 9.17) is 4.74 Å². The van der Waals surface area contributed by atoms with Gasteiger partial charge in [-0.05, 0) is 25.8 Å². The molecular formula is C19H25N5O4S. The third kappa shape index (κ3) is 6.83. The van der Waals surface area contributed by atoms with Gasteiger partial charge in [0.25, 0.3) is 0 Å². The Hall–Kier alpha value is -3.01. The Morgan fingerprint density at radius 2 is 1.97 bits per heavy atom. The Balaban J connectivity index is 1.97. The van der Waals surface area contributed by atoms with Crippen LogP contribution in [0.5, 0.6) is 0 Å². The first kappa shape index (κ1) is 22.3. The lowest BCUT2D eigenvalue weighted by molar-refractivity contribution is -0.141. The molecule has 0 fully saturated rings. The van der Waals surface area contributed by atoms with E-state index in [1.54, 1.807) is 20.8 Å². The third-order valence-corrected chi connectivity index (χ3v) is 4.74. The van der Waals surface area contributed by atoms with Gasteiger partial charge in [0.15, 0.2) is 0 Å². The second kappa shape index (κ2) is 10.5. The number of ether oxygens (including phenoxy) is 1. The van der Waals surface area contributed by atoms with Crippen LogP contribution in [-0.2, 0) is 14.3 Å². The Bertz CT molecular complexity index is 868. The molecule has 1 heterocycles. The van der Waals surface area contributed by atoms with Crippen molar-refractivity contribution in [1.29, 1.82) is 0 Å². The lowest BCUT2D eigenvalue weighted by Gasteiger charge is -2.21. The number of hydrogen-bond donors (Lipinski definition) is 3. The second-order valence-corrected chi connectivity index (χ2v) is 7.60. The van der Waals surface area contributed by atoms with E-state index in [0.717, 1.165) is 11.1 Å². The van der Waals surface area contributed by atoms with E-state index in [1.165, 1.54) is 11.3 Å². The molecule has 0 radical (unpaired) electrons. The zero-order valence-electron chi connectivity index (χ0n) is 16.8. The van der Waals surface area contributed by atoms with Crippen LogP contribution in [0.15, 0.2) is 24.3 Å². The zero-order chi connectivity index (χ0) is 21.4. The molecule has 1 aromatic carbocycles. The standard InChI is InChI=1S/C19H25N5O4S/c1-5-28-14(25)10-20-18(27)21-15(11(2)3)16(26)22-19-24-23-17(29-19)13-8-6-7-12(4)9-13/h6-9,11,15H,5,10H2,1-4H3,(H2,20,21,27)(H,22,24,26)/t15-/m0/s1. The van der Waals surface area contributed by atoms with Gasteiger partial charge in [-0.15, -0.1) is 10.2 Å². The van der Waals surface area contributed by atoms with E-state index in [1.807, 2.05) is 31.2 Å². The lowest BCUT2D eigenvalue weighted by atomic mass is 10.0. The van der Waals surface area contributed by atoms with Crippen LogP contribution in [0.2, 0.25) is 0 Å². The van der Waals surface area contributed by atoms with Crippen LogP contribution in [0.25, 0.3) is 10.6 Å². The average Bonchev–Trinajstić information content (AvgIpc) is 3.13. The highest BCUT2D eigenvalue weighted by atomic mass is 32.1. The molecule has 0 saturated carbocycles. The van der Waals surface area contributed by atoms with Crippen molar-refractivity contribution in [2.45, 2.75) is 33.7 Å². The largest absolute Gasteiger partial charge is 0.465 e. The number of hydrogen-bond acceptors (Lipinski definition) is 7. The van der Waals surface area contributed by atoms with Gasteiger partial charge in [-0.1, -0.05) is 48.9 Å². The summed E-state index contributed by atoms with van der Waals surface area (Å²) in [4.78, 5) is 36.0. The first-order valence-electron chi connectivity index (χ1n) is 9.21. The topological polar surface area (TPSA) is 122 Å². The van der Waals surface area contributed by atoms with Crippen LogP contribution >= 0.6 is 11.3 Å². The molecule has 2 aromatic rings. The molecule has 0 aliphatic heterocycles. The fourth-order valence-corrected chi connectivity index (χ4v) is 3.19. The normalized spacial score (nSPS) is 11.6. The molecule has 0 bridgehead atoms. The minimum Gasteiger partial charge on any atom is -0.465 e. The number of nitrogens with one attached hydrogen (secondary N) is 3. The number of carbonyl (C=O) groups excluding carboxylic acids is 3. The highest BCUT2D eigenvalue weighted by Gasteiger charge is 2.25. The van der Waals surface area contributed by atoms with Crippen LogP contribution in [0.1, 0.15) is 26.3 Å². The molecule has 3 amide bonds. The second-order valence-electron chi connectivity index (χ2n) is 6.62. The summed E-state index contributed by atoms with van der Waals surface area (Å²) in [5.41, 5.74) is 2.01. The van der Waals surface area contributed by atoms with Crippen molar-refractivity contribution in [1.82, 2.24) is 20.8 Å². The number of aromatic nitrogens is 2. The predicted octanol–water partition coefficient (Wildman–Crippen LogP) is 2.34. The fourth-order valence-electron chi connectivity index (χ4n) is 2.44. The number of amides is 3. The third-order valence-electron chi connectivity index (χ3n) is 3.85. The van der Waals surface area contributed by atoms with Crippen molar-refractivity contribution in [3.05, 3.63) is 29.8 Å². The highest BCUT2D eigenvalue weighted by Crippen LogP contribution is 2.27. The monoisotopic (exact) mass is 419 g/mol. The Morgan fingerprint density at radius 3 is 2.62 bits per heavy atom. The van der Waals surface area contributed by atoms with Crippen molar-refractivity contribution in [3.8, 4) is 10.6 Å². The maximum absolute atomic E-state index is 12.6. The van der Waals surface area contributed by atoms with Crippen LogP contribution in [0, 0.1) is 12.8 Å². The van der Waals surface area contributed by atoms with E-state index in [0.29, 0.717) is 10.1 Å². The molecule has 156 valence electrons. The molecule has 0 spiro atoms. The first-order chi connectivity index (χ1) is 13.8. The fraction of sp³-hybridized carbons (Fsp3) is 0.421. The number of rotatable bonds is 8. The molecule has 0 unspecified atom stereocenters. The molecule has 0 aliphatic rings. The molecule has 1 atom stereocenters. The number of carbonyl (C=O) groups is 3. The van der Waals surface area contributed by atoms with Crippen molar-refractivity contribution in [2.75, 3.05) is 18.5 Å². The molecule has 9 nitrogen and oxygen atoms in total. The van der Waals surface area contributed by atoms with Crippen LogP contribution in [0.3, 0.4) is 0 Å². The summed E-state index contributed by atoms with van der Waals surface area (Å²) in [6.07, 6.45) is 0. The van der Waals surface area contributed by atoms with E-state index in [2.05, 4.69) is 26.1 Å². The molecule has 10 heteroatoms. The summed E-state index contributed by atoms with van der Waals surface area (Å²) in [6, 6.07) is 6.37. The SMILES string of the molecule is CCOC(=O)CNC(=O)N[C@H](C(=O)Nc1nnc(-c2cccc(C)c2)s1)C(C)C. The minimum atomic E-state index is -0.816. The van der Waals surface area contributed by atoms with Gasteiger partial charge >= 0.3 is 12.0 Å². The number of anilines is 1. The van der Waals surface area contributed by atoms with Crippen LogP contribution < -0.4 is 16.0 Å². The van der Waals surface area contributed by atoms with Gasteiger partial charge in [0.2, 0.25) is 11.0 Å². The Morgan fingerprint density at radius 1 is 1.21 bits per heavy atom. The quantitative estimate of drug-likeness (QED) is 0.565. The van der Waals surface area contributed by atoms with Gasteiger partial charge in [0, 0.05) is 5.56 Å². The van der Waals surface area contributed by atoms with Crippen molar-refractivity contribution in [3.63, 3.8) is 0 Å². The van der Waals surface area contributed by atoms with Gasteiger partial charge in [-0.3, -0.25) is 14.9 Å². The summed E-state index contributed by atoms with van der Waals surface area (Å²) in [6.45, 7) is 7.21. The molecule has 1 aromatic heterocycles. The number of benzene rings is 1. The molecule has 29 heavy (non-hydrogen) atoms. The van der Waals surface area contributed by atoms with E-state index < -0.39 is 23.9 Å². The summed E-state index contributed by atoms with van der Waals surface area (Å²) in [7, 11) is 0. The summed E-state index contributed by atoms with van der Waals surface area (Å²) in [5, 5.41) is 16.8. The number of esters is 1. The van der Waals surface area contributed by atoms with Gasteiger partial charge in [-0.25, -0.2) is 4.79 Å². The predicted molar refractivity (Wildman–Crippen MR) is 111 cm³/mol. The smallest absolute Gasteiger partial charge is 0.325 e. The van der Waals surface area contributed by atoms with E-state index in [9.17, 15) is 14.4 Å². The molecule has 0 saturated heterocycles. The van der Waals surface area contributed by atoms with Gasteiger partial charge in [0.1, 0.15) is 17.6 Å². The Labute approximate surface area is 173 Å². The van der Waals surface area contributed by atoms with Crippen molar-refractivity contribution < 1.29 is 19.1 Å². The van der Waals surface area contributed by atoms with Gasteiger partial charge in [0.05, 0.1) is 6.61 Å². The first-order valence-corrected chi connectivity index (χ1v) is 10.0. The van der Waals surface area contributed by atoms with Gasteiger partial charge in [-0.2, -0.15) is 0 Å².